The van der Waals surface area contributed by atoms with E-state index in [2.05, 4.69) is 5.43 Å². The van der Waals surface area contributed by atoms with Gasteiger partial charge in [-0.15, -0.1) is 0 Å². The first kappa shape index (κ1) is 9.83. The van der Waals surface area contributed by atoms with Crippen molar-refractivity contribution in [2.24, 2.45) is 5.84 Å². The van der Waals surface area contributed by atoms with Gasteiger partial charge < -0.3 is 9.47 Å². The number of hydrazine groups is 1. The average Bonchev–Trinajstić information content (AvgIpc) is 2.19. The van der Waals surface area contributed by atoms with Gasteiger partial charge in [-0.3, -0.25) is 11.3 Å². The van der Waals surface area contributed by atoms with E-state index in [1.807, 2.05) is 24.3 Å². The number of methoxy groups -OCH3 is 1. The van der Waals surface area contributed by atoms with Crippen LogP contribution in [0.25, 0.3) is 0 Å². The lowest BCUT2D eigenvalue weighted by molar-refractivity contribution is 0.314. The third-order valence-electron chi connectivity index (χ3n) is 1.57. The number of ether oxygens (including phenoxy) is 2. The Hall–Kier alpha value is -1.26. The monoisotopic (exact) mass is 182 g/mol. The summed E-state index contributed by atoms with van der Waals surface area (Å²) in [5, 5.41) is 0. The quantitative estimate of drug-likeness (QED) is 0.396. The Morgan fingerprint density at radius 3 is 2.38 bits per heavy atom. The number of rotatable bonds is 5. The summed E-state index contributed by atoms with van der Waals surface area (Å²) in [6, 6.07) is 7.42. The van der Waals surface area contributed by atoms with Crippen molar-refractivity contribution in [1.82, 2.24) is 5.43 Å². The van der Waals surface area contributed by atoms with E-state index in [9.17, 15) is 0 Å². The molecule has 0 fully saturated rings. The second-order valence-electron chi connectivity index (χ2n) is 2.48. The van der Waals surface area contributed by atoms with Crippen LogP contribution in [0.5, 0.6) is 11.5 Å². The lowest BCUT2D eigenvalue weighted by Crippen LogP contribution is -2.27. The van der Waals surface area contributed by atoms with Crippen LogP contribution < -0.4 is 20.7 Å². The summed E-state index contributed by atoms with van der Waals surface area (Å²) < 4.78 is 10.4. The van der Waals surface area contributed by atoms with Crippen molar-refractivity contribution in [3.05, 3.63) is 24.3 Å². The number of hydrogen-bond donors (Lipinski definition) is 2. The van der Waals surface area contributed by atoms with Crippen LogP contribution in [0.1, 0.15) is 0 Å². The summed E-state index contributed by atoms with van der Waals surface area (Å²) in [6.07, 6.45) is 0. The SMILES string of the molecule is COc1ccc(OCCNN)cc1. The molecule has 13 heavy (non-hydrogen) atoms. The molecule has 1 rings (SSSR count). The van der Waals surface area contributed by atoms with Crippen LogP contribution in [0.15, 0.2) is 24.3 Å². The maximum absolute atomic E-state index is 5.35. The molecule has 0 aliphatic heterocycles. The molecule has 0 saturated carbocycles. The Labute approximate surface area is 77.6 Å². The Bertz CT molecular complexity index is 236. The topological polar surface area (TPSA) is 56.5 Å². The van der Waals surface area contributed by atoms with E-state index in [1.54, 1.807) is 7.11 Å². The zero-order valence-electron chi connectivity index (χ0n) is 7.62. The first-order valence-corrected chi connectivity index (χ1v) is 4.07. The van der Waals surface area contributed by atoms with Crippen LogP contribution in [0.4, 0.5) is 0 Å². The maximum Gasteiger partial charge on any atom is 0.119 e. The fraction of sp³-hybridized carbons (Fsp3) is 0.333. The molecule has 4 heteroatoms. The molecule has 0 atom stereocenters. The standard InChI is InChI=1S/C9H14N2O2/c1-12-8-2-4-9(5-3-8)13-7-6-11-10/h2-5,11H,6-7,10H2,1H3. The molecule has 0 saturated heterocycles. The minimum absolute atomic E-state index is 0.558. The molecule has 0 bridgehead atoms. The maximum atomic E-state index is 5.35. The lowest BCUT2D eigenvalue weighted by atomic mass is 10.3. The molecule has 0 aromatic heterocycles. The van der Waals surface area contributed by atoms with E-state index in [4.69, 9.17) is 15.3 Å². The van der Waals surface area contributed by atoms with Crippen LogP contribution in [0.3, 0.4) is 0 Å². The summed E-state index contributed by atoms with van der Waals surface area (Å²) in [7, 11) is 1.63. The molecule has 3 N–H and O–H groups in total. The number of hydrogen-bond acceptors (Lipinski definition) is 4. The van der Waals surface area contributed by atoms with Gasteiger partial charge in [0.05, 0.1) is 7.11 Å². The molecule has 1 aromatic carbocycles. The molecule has 72 valence electrons. The van der Waals surface area contributed by atoms with Gasteiger partial charge in [-0.25, -0.2) is 0 Å². The minimum atomic E-state index is 0.558. The smallest absolute Gasteiger partial charge is 0.119 e. The van der Waals surface area contributed by atoms with Crippen LogP contribution >= 0.6 is 0 Å². The van der Waals surface area contributed by atoms with Crippen molar-refractivity contribution < 1.29 is 9.47 Å². The highest BCUT2D eigenvalue weighted by Gasteiger charge is 1.93. The van der Waals surface area contributed by atoms with Crippen molar-refractivity contribution in [1.29, 1.82) is 0 Å². The molecule has 0 spiro atoms. The summed E-state index contributed by atoms with van der Waals surface area (Å²) in [6.45, 7) is 1.19. The summed E-state index contributed by atoms with van der Waals surface area (Å²) in [4.78, 5) is 0. The highest BCUT2D eigenvalue weighted by Crippen LogP contribution is 2.16. The van der Waals surface area contributed by atoms with E-state index >= 15 is 0 Å². The molecule has 0 heterocycles. The molecule has 0 unspecified atom stereocenters. The molecule has 0 amide bonds. The fourth-order valence-corrected chi connectivity index (χ4v) is 0.900. The van der Waals surface area contributed by atoms with Gasteiger partial charge >= 0.3 is 0 Å². The van der Waals surface area contributed by atoms with Crippen molar-refractivity contribution >= 4 is 0 Å². The van der Waals surface area contributed by atoms with Gasteiger partial charge in [-0.05, 0) is 24.3 Å². The molecule has 1 aromatic rings. The van der Waals surface area contributed by atoms with Crippen LogP contribution in [-0.4, -0.2) is 20.3 Å². The highest BCUT2D eigenvalue weighted by molar-refractivity contribution is 5.31. The molecular formula is C9H14N2O2. The summed E-state index contributed by atoms with van der Waals surface area (Å²) in [5.74, 6) is 6.73. The van der Waals surface area contributed by atoms with Gasteiger partial charge in [0.2, 0.25) is 0 Å². The van der Waals surface area contributed by atoms with Crippen LogP contribution in [0.2, 0.25) is 0 Å². The Balaban J connectivity index is 2.40. The van der Waals surface area contributed by atoms with Crippen molar-refractivity contribution in [3.63, 3.8) is 0 Å². The second-order valence-corrected chi connectivity index (χ2v) is 2.48. The second kappa shape index (κ2) is 5.40. The Morgan fingerprint density at radius 2 is 1.85 bits per heavy atom. The van der Waals surface area contributed by atoms with E-state index < -0.39 is 0 Å². The first-order valence-electron chi connectivity index (χ1n) is 4.07. The van der Waals surface area contributed by atoms with Crippen molar-refractivity contribution in [3.8, 4) is 11.5 Å². The predicted octanol–water partition coefficient (Wildman–Crippen LogP) is 0.537. The summed E-state index contributed by atoms with van der Waals surface area (Å²) in [5.41, 5.74) is 2.51. The average molecular weight is 182 g/mol. The fourth-order valence-electron chi connectivity index (χ4n) is 0.900. The Kier molecular flexibility index (Phi) is 4.08. The van der Waals surface area contributed by atoms with Gasteiger partial charge in [0.1, 0.15) is 18.1 Å². The molecule has 0 radical (unpaired) electrons. The number of nitrogens with one attached hydrogen (secondary N) is 1. The molecule has 0 aliphatic carbocycles. The highest BCUT2D eigenvalue weighted by atomic mass is 16.5. The first-order chi connectivity index (χ1) is 6.36. The van der Waals surface area contributed by atoms with E-state index in [0.29, 0.717) is 13.2 Å². The molecule has 4 nitrogen and oxygen atoms in total. The Morgan fingerprint density at radius 1 is 1.23 bits per heavy atom. The molecule has 0 aliphatic rings. The third kappa shape index (κ3) is 3.31. The van der Waals surface area contributed by atoms with Gasteiger partial charge in [0.15, 0.2) is 0 Å². The van der Waals surface area contributed by atoms with E-state index in [1.165, 1.54) is 0 Å². The number of benzene rings is 1. The summed E-state index contributed by atoms with van der Waals surface area (Å²) >= 11 is 0. The zero-order valence-corrected chi connectivity index (χ0v) is 7.62. The lowest BCUT2D eigenvalue weighted by Gasteiger charge is -2.05. The van der Waals surface area contributed by atoms with Gasteiger partial charge in [0.25, 0.3) is 0 Å². The third-order valence-corrected chi connectivity index (χ3v) is 1.57. The minimum Gasteiger partial charge on any atom is -0.497 e. The number of nitrogens with two attached hydrogens (primary N) is 1. The predicted molar refractivity (Wildman–Crippen MR) is 50.7 cm³/mol. The van der Waals surface area contributed by atoms with Gasteiger partial charge in [-0.1, -0.05) is 0 Å². The van der Waals surface area contributed by atoms with E-state index in [-0.39, 0.29) is 0 Å². The van der Waals surface area contributed by atoms with E-state index in [0.717, 1.165) is 11.5 Å². The van der Waals surface area contributed by atoms with Crippen LogP contribution in [0, 0.1) is 0 Å². The largest absolute Gasteiger partial charge is 0.497 e. The van der Waals surface area contributed by atoms with Gasteiger partial charge in [0, 0.05) is 6.54 Å². The van der Waals surface area contributed by atoms with Gasteiger partial charge in [-0.2, -0.15) is 0 Å². The zero-order chi connectivity index (χ0) is 9.52. The van der Waals surface area contributed by atoms with Crippen LogP contribution in [-0.2, 0) is 0 Å². The van der Waals surface area contributed by atoms with Crippen molar-refractivity contribution in [2.75, 3.05) is 20.3 Å². The molecular weight excluding hydrogens is 168 g/mol. The van der Waals surface area contributed by atoms with Crippen molar-refractivity contribution in [2.45, 2.75) is 0 Å². The normalized spacial score (nSPS) is 9.69.